The molecule has 1 heterocycles. The predicted octanol–water partition coefficient (Wildman–Crippen LogP) is -0.947. The Morgan fingerprint density at radius 3 is 2.16 bits per heavy atom. The number of phenols is 2. The molecule has 2 bridgehead atoms. The topological polar surface area (TPSA) is 139 Å². The van der Waals surface area contributed by atoms with Gasteiger partial charge in [0, 0.05) is 6.54 Å². The van der Waals surface area contributed by atoms with Crippen molar-refractivity contribution in [2.75, 3.05) is 6.54 Å². The number of hydrogen-bond donors (Lipinski definition) is 4. The van der Waals surface area contributed by atoms with Crippen LogP contribution in [0.4, 0.5) is 4.39 Å². The molecule has 0 saturated heterocycles. The van der Waals surface area contributed by atoms with E-state index in [-0.39, 0.29) is 0 Å². The quantitative estimate of drug-likeness (QED) is 0.234. The number of aromatic hydroxyl groups is 2. The Balaban J connectivity index is 2.81. The second-order valence-corrected chi connectivity index (χ2v) is 3.61. The van der Waals surface area contributed by atoms with E-state index < -0.39 is 59.0 Å². The third-order valence-corrected chi connectivity index (χ3v) is 2.45. The molecule has 8 nitrogen and oxygen atoms in total. The number of benzene rings is 1. The molecule has 0 aliphatic carbocycles. The summed E-state index contributed by atoms with van der Waals surface area (Å²) in [5.41, 5.74) is 4.65. The summed E-state index contributed by atoms with van der Waals surface area (Å²) in [7, 11) is 0. The van der Waals surface area contributed by atoms with Crippen molar-refractivity contribution in [3.8, 4) is 23.0 Å². The predicted molar refractivity (Wildman–Crippen MR) is 55.0 cm³/mol. The molecule has 1 aromatic carbocycles. The van der Waals surface area contributed by atoms with Gasteiger partial charge in [0.2, 0.25) is 17.3 Å². The van der Waals surface area contributed by atoms with E-state index in [1.165, 1.54) is 0 Å². The van der Waals surface area contributed by atoms with Gasteiger partial charge in [-0.15, -0.1) is 0 Å². The lowest BCUT2D eigenvalue weighted by molar-refractivity contribution is -0.155. The van der Waals surface area contributed by atoms with E-state index in [1.807, 2.05) is 0 Å². The van der Waals surface area contributed by atoms with Crippen LogP contribution in [0.15, 0.2) is 0 Å². The Morgan fingerprint density at radius 2 is 1.63 bits per heavy atom. The number of esters is 2. The third kappa shape index (κ3) is 1.84. The minimum Gasteiger partial charge on any atom is -0.502 e. The fourth-order valence-electron chi connectivity index (χ4n) is 1.56. The van der Waals surface area contributed by atoms with E-state index >= 15 is 0 Å². The van der Waals surface area contributed by atoms with Crippen LogP contribution in [0.25, 0.3) is 0 Å². The van der Waals surface area contributed by atoms with Crippen molar-refractivity contribution in [2.24, 2.45) is 5.73 Å². The Kier molecular flexibility index (Phi) is 3.00. The maximum absolute atomic E-state index is 13.7. The molecule has 0 radical (unpaired) electrons. The summed E-state index contributed by atoms with van der Waals surface area (Å²) in [6, 6.07) is 0. The number of phenolic OH excluding ortho intramolecular Hbond substituents is 2. The van der Waals surface area contributed by atoms with Crippen LogP contribution in [0.5, 0.6) is 23.0 Å². The fraction of sp³-hybridized carbons (Fsp3) is 0.200. The number of halogens is 1. The highest BCUT2D eigenvalue weighted by atomic mass is 19.1. The molecule has 0 fully saturated rings. The number of carbonyl (C=O) groups is 2. The van der Waals surface area contributed by atoms with Gasteiger partial charge >= 0.3 is 11.9 Å². The molecule has 1 atom stereocenters. The molecule has 1 aliphatic rings. The summed E-state index contributed by atoms with van der Waals surface area (Å²) < 4.78 is 22.5. The first-order valence-corrected chi connectivity index (χ1v) is 4.97. The van der Waals surface area contributed by atoms with Crippen molar-refractivity contribution < 1.29 is 38.8 Å². The van der Waals surface area contributed by atoms with Crippen LogP contribution in [0.3, 0.4) is 0 Å². The van der Waals surface area contributed by atoms with Crippen LogP contribution in [-0.2, 0) is 9.59 Å². The van der Waals surface area contributed by atoms with Crippen molar-refractivity contribution in [3.05, 3.63) is 11.4 Å². The first-order valence-electron chi connectivity index (χ1n) is 4.97. The van der Waals surface area contributed by atoms with Gasteiger partial charge in [-0.2, -0.15) is 4.39 Å². The van der Waals surface area contributed by atoms with Crippen LogP contribution < -0.4 is 15.2 Å². The number of ether oxygens (including phenoxy) is 2. The Hall–Kier alpha value is -2.39. The number of aliphatic hydroxyl groups is 1. The molecule has 1 aliphatic heterocycles. The molecule has 0 spiro atoms. The van der Waals surface area contributed by atoms with Gasteiger partial charge in [0.15, 0.2) is 11.5 Å². The minimum absolute atomic E-state index is 0.432. The first-order chi connectivity index (χ1) is 8.88. The number of rotatable bonds is 2. The van der Waals surface area contributed by atoms with E-state index in [0.717, 1.165) is 0 Å². The van der Waals surface area contributed by atoms with Gasteiger partial charge in [-0.25, -0.2) is 9.59 Å². The van der Waals surface area contributed by atoms with Crippen LogP contribution in [0, 0.1) is 5.82 Å². The highest BCUT2D eigenvalue weighted by molar-refractivity contribution is 6.31. The van der Waals surface area contributed by atoms with Gasteiger partial charge in [-0.05, 0) is 0 Å². The van der Waals surface area contributed by atoms with Gasteiger partial charge in [0.25, 0.3) is 0 Å². The Bertz CT molecular complexity index is 543. The summed E-state index contributed by atoms with van der Waals surface area (Å²) in [6.45, 7) is -0.432. The molecular weight excluding hydrogens is 265 g/mol. The Morgan fingerprint density at radius 1 is 1.11 bits per heavy atom. The number of aliphatic hydroxyl groups excluding tert-OH is 1. The zero-order valence-corrected chi connectivity index (χ0v) is 9.21. The molecule has 0 unspecified atom stereocenters. The van der Waals surface area contributed by atoms with E-state index in [4.69, 9.17) is 5.73 Å². The first kappa shape index (κ1) is 13.1. The molecule has 0 aromatic heterocycles. The van der Waals surface area contributed by atoms with Crippen molar-refractivity contribution in [1.29, 1.82) is 0 Å². The zero-order chi connectivity index (χ0) is 14.3. The third-order valence-electron chi connectivity index (χ3n) is 2.45. The molecule has 1 aromatic rings. The average molecular weight is 273 g/mol. The lowest BCUT2D eigenvalue weighted by Crippen LogP contribution is -2.23. The van der Waals surface area contributed by atoms with Crippen molar-refractivity contribution in [3.63, 3.8) is 0 Å². The van der Waals surface area contributed by atoms with Crippen molar-refractivity contribution >= 4 is 11.9 Å². The summed E-state index contributed by atoms with van der Waals surface area (Å²) >= 11 is 0. The normalized spacial score (nSPS) is 15.5. The minimum atomic E-state index is -1.58. The number of nitrogens with two attached hydrogens (primary N) is 1. The summed E-state index contributed by atoms with van der Waals surface area (Å²) in [5, 5.41) is 28.4. The molecule has 19 heavy (non-hydrogen) atoms. The summed E-state index contributed by atoms with van der Waals surface area (Å²) in [6.07, 6.45) is -1.58. The number of hydrogen-bond acceptors (Lipinski definition) is 8. The van der Waals surface area contributed by atoms with Gasteiger partial charge in [0.05, 0.1) is 11.7 Å². The van der Waals surface area contributed by atoms with Gasteiger partial charge in [-0.1, -0.05) is 0 Å². The largest absolute Gasteiger partial charge is 0.502 e. The molecule has 9 heteroatoms. The van der Waals surface area contributed by atoms with Crippen LogP contribution in [0.1, 0.15) is 11.7 Å². The lowest BCUT2D eigenvalue weighted by Gasteiger charge is -2.16. The van der Waals surface area contributed by atoms with Crippen LogP contribution in [-0.4, -0.2) is 33.8 Å². The van der Waals surface area contributed by atoms with Gasteiger partial charge in [-0.3, -0.25) is 0 Å². The van der Waals surface area contributed by atoms with E-state index in [0.29, 0.717) is 0 Å². The van der Waals surface area contributed by atoms with E-state index in [9.17, 15) is 29.3 Å². The molecule has 5 N–H and O–H groups in total. The monoisotopic (exact) mass is 273 g/mol. The maximum Gasteiger partial charge on any atom is 0.423 e. The number of carbonyl (C=O) groups excluding carboxylic acids is 2. The summed E-state index contributed by atoms with van der Waals surface area (Å²) in [4.78, 5) is 22.3. The van der Waals surface area contributed by atoms with Crippen LogP contribution in [0.2, 0.25) is 0 Å². The van der Waals surface area contributed by atoms with Gasteiger partial charge in [0.1, 0.15) is 0 Å². The molecule has 2 rings (SSSR count). The second kappa shape index (κ2) is 4.37. The summed E-state index contributed by atoms with van der Waals surface area (Å²) in [5.74, 6) is -8.74. The zero-order valence-electron chi connectivity index (χ0n) is 9.21. The number of fused-ring (bicyclic) bond motifs is 2. The fourth-order valence-corrected chi connectivity index (χ4v) is 1.56. The molecular formula is C10H8FNO7. The lowest BCUT2D eigenvalue weighted by atomic mass is 10.0. The highest BCUT2D eigenvalue weighted by Gasteiger charge is 2.37. The average Bonchev–Trinajstić information content (AvgIpc) is 2.51. The van der Waals surface area contributed by atoms with Crippen molar-refractivity contribution in [1.82, 2.24) is 0 Å². The molecule has 0 amide bonds. The molecule has 102 valence electrons. The SMILES string of the molecule is NC[C@H](O)c1c2c(O)c(O)c(F)c1OC(=O)C(=O)O2. The Labute approximate surface area is 104 Å². The van der Waals surface area contributed by atoms with Crippen molar-refractivity contribution in [2.45, 2.75) is 6.10 Å². The standard InChI is InChI=1S/C10H8FNO7/c11-4-5(14)6(15)8-3(2(13)1-12)7(4)18-9(16)10(17)19-8/h2,13-15H,1,12H2/t2-/m0/s1. The smallest absolute Gasteiger partial charge is 0.423 e. The van der Waals surface area contributed by atoms with Gasteiger partial charge < -0.3 is 30.5 Å². The van der Waals surface area contributed by atoms with E-state index in [2.05, 4.69) is 9.47 Å². The second-order valence-electron chi connectivity index (χ2n) is 3.61. The van der Waals surface area contributed by atoms with Crippen LogP contribution >= 0.6 is 0 Å². The molecule has 0 saturated carbocycles. The van der Waals surface area contributed by atoms with E-state index in [1.54, 1.807) is 0 Å². The highest BCUT2D eigenvalue weighted by Crippen LogP contribution is 2.50. The maximum atomic E-state index is 13.7.